The second-order valence-electron chi connectivity index (χ2n) is 6.37. The van der Waals surface area contributed by atoms with Crippen molar-refractivity contribution in [3.05, 3.63) is 70.8 Å². The van der Waals surface area contributed by atoms with Crippen molar-refractivity contribution in [2.24, 2.45) is 0 Å². The molecule has 3 rings (SSSR count). The number of amides is 3. The van der Waals surface area contributed by atoms with Gasteiger partial charge in [0.05, 0.1) is 18.2 Å². The van der Waals surface area contributed by atoms with Gasteiger partial charge in [-0.2, -0.15) is 5.26 Å². The minimum atomic E-state index is -1.27. The summed E-state index contributed by atoms with van der Waals surface area (Å²) in [5.41, 5.74) is 1.03. The molecule has 1 atom stereocenters. The third kappa shape index (κ3) is 2.84. The Morgan fingerprint density at radius 3 is 2.42 bits per heavy atom. The first-order chi connectivity index (χ1) is 12.4. The average molecular weight is 347 g/mol. The Bertz CT molecular complexity index is 944. The maximum absolute atomic E-state index is 12.9. The lowest BCUT2D eigenvalue weighted by atomic mass is 9.91. The van der Waals surface area contributed by atoms with Gasteiger partial charge in [0.15, 0.2) is 5.78 Å². The molecule has 1 N–H and O–H groups in total. The molecule has 6 nitrogen and oxygen atoms in total. The highest BCUT2D eigenvalue weighted by Crippen LogP contribution is 2.29. The first-order valence-corrected chi connectivity index (χ1v) is 8.10. The number of hydrogen-bond acceptors (Lipinski definition) is 4. The predicted molar refractivity (Wildman–Crippen MR) is 94.3 cm³/mol. The zero-order chi connectivity index (χ0) is 18.9. The Hall–Kier alpha value is -3.46. The zero-order valence-corrected chi connectivity index (χ0v) is 14.4. The summed E-state index contributed by atoms with van der Waals surface area (Å²) in [4.78, 5) is 38.7. The topological polar surface area (TPSA) is 90.3 Å². The van der Waals surface area contributed by atoms with Crippen LogP contribution in [0.3, 0.4) is 0 Å². The maximum Gasteiger partial charge on any atom is 0.325 e. The molecule has 1 heterocycles. The van der Waals surface area contributed by atoms with Crippen molar-refractivity contribution < 1.29 is 14.4 Å². The van der Waals surface area contributed by atoms with Crippen molar-refractivity contribution in [3.8, 4) is 6.07 Å². The molecule has 1 aliphatic heterocycles. The smallest absolute Gasteiger partial charge is 0.319 e. The van der Waals surface area contributed by atoms with E-state index in [0.717, 1.165) is 10.5 Å². The number of ketones is 1. The SMILES string of the molecule is Cc1ccccc1C(=O)CN1C(=O)N[C@@](C)(c2ccc(C#N)cc2)C1=O. The van der Waals surface area contributed by atoms with E-state index in [1.807, 2.05) is 12.1 Å². The van der Waals surface area contributed by atoms with Crippen LogP contribution < -0.4 is 5.32 Å². The van der Waals surface area contributed by atoms with Gasteiger partial charge in [0, 0.05) is 5.56 Å². The Morgan fingerprint density at radius 1 is 1.15 bits per heavy atom. The molecule has 130 valence electrons. The molecule has 0 aliphatic carbocycles. The molecule has 26 heavy (non-hydrogen) atoms. The van der Waals surface area contributed by atoms with E-state index in [9.17, 15) is 14.4 Å². The zero-order valence-electron chi connectivity index (χ0n) is 14.4. The quantitative estimate of drug-likeness (QED) is 0.680. The van der Waals surface area contributed by atoms with Gasteiger partial charge in [0.2, 0.25) is 0 Å². The molecule has 0 saturated carbocycles. The first kappa shape index (κ1) is 17.4. The lowest BCUT2D eigenvalue weighted by Gasteiger charge is -2.22. The van der Waals surface area contributed by atoms with Gasteiger partial charge in [-0.25, -0.2) is 4.79 Å². The maximum atomic E-state index is 12.9. The van der Waals surface area contributed by atoms with Gasteiger partial charge in [-0.3, -0.25) is 14.5 Å². The molecular formula is C20H17N3O3. The Kier molecular flexibility index (Phi) is 4.31. The summed E-state index contributed by atoms with van der Waals surface area (Å²) in [6.45, 7) is 3.08. The van der Waals surface area contributed by atoms with E-state index < -0.39 is 17.5 Å². The van der Waals surface area contributed by atoms with Crippen LogP contribution in [0.25, 0.3) is 0 Å². The fraction of sp³-hybridized carbons (Fsp3) is 0.200. The van der Waals surface area contributed by atoms with E-state index in [1.54, 1.807) is 56.3 Å². The van der Waals surface area contributed by atoms with E-state index in [1.165, 1.54) is 0 Å². The second kappa shape index (κ2) is 6.45. The highest BCUT2D eigenvalue weighted by Gasteiger charge is 2.49. The molecule has 6 heteroatoms. The van der Waals surface area contributed by atoms with Crippen LogP contribution in [0, 0.1) is 18.3 Å². The van der Waals surface area contributed by atoms with E-state index in [2.05, 4.69) is 5.32 Å². The minimum absolute atomic E-state index is 0.296. The third-order valence-corrected chi connectivity index (χ3v) is 4.61. The number of carbonyl (C=O) groups is 3. The van der Waals surface area contributed by atoms with Crippen LogP contribution in [-0.4, -0.2) is 29.2 Å². The number of Topliss-reactive ketones (excluding diaryl/α,β-unsaturated/α-hetero) is 1. The first-order valence-electron chi connectivity index (χ1n) is 8.10. The molecule has 0 bridgehead atoms. The molecule has 0 unspecified atom stereocenters. The number of urea groups is 1. The van der Waals surface area contributed by atoms with Crippen molar-refractivity contribution in [3.63, 3.8) is 0 Å². The molecule has 2 aromatic rings. The Morgan fingerprint density at radius 2 is 1.81 bits per heavy atom. The van der Waals surface area contributed by atoms with Gasteiger partial charge in [-0.15, -0.1) is 0 Å². The van der Waals surface area contributed by atoms with Crippen LogP contribution in [0.2, 0.25) is 0 Å². The summed E-state index contributed by atoms with van der Waals surface area (Å²) in [6, 6.07) is 14.9. The number of carbonyl (C=O) groups excluding carboxylic acids is 3. The number of rotatable bonds is 4. The highest BCUT2D eigenvalue weighted by molar-refractivity contribution is 6.11. The van der Waals surface area contributed by atoms with Gasteiger partial charge in [0.1, 0.15) is 5.54 Å². The molecule has 0 spiro atoms. The lowest BCUT2D eigenvalue weighted by molar-refractivity contribution is -0.130. The van der Waals surface area contributed by atoms with E-state index in [0.29, 0.717) is 16.7 Å². The highest BCUT2D eigenvalue weighted by atomic mass is 16.2. The van der Waals surface area contributed by atoms with Crippen molar-refractivity contribution in [2.45, 2.75) is 19.4 Å². The minimum Gasteiger partial charge on any atom is -0.319 e. The van der Waals surface area contributed by atoms with Gasteiger partial charge >= 0.3 is 6.03 Å². The summed E-state index contributed by atoms with van der Waals surface area (Å²) in [7, 11) is 0. The van der Waals surface area contributed by atoms with E-state index >= 15 is 0 Å². The molecule has 3 amide bonds. The fourth-order valence-corrected chi connectivity index (χ4v) is 3.03. The van der Waals surface area contributed by atoms with Crippen LogP contribution in [0.1, 0.15) is 34.0 Å². The van der Waals surface area contributed by atoms with Crippen molar-refractivity contribution in [1.29, 1.82) is 5.26 Å². The fourth-order valence-electron chi connectivity index (χ4n) is 3.03. The molecule has 0 radical (unpaired) electrons. The monoisotopic (exact) mass is 347 g/mol. The Balaban J connectivity index is 1.85. The number of nitrogens with one attached hydrogen (secondary N) is 1. The van der Waals surface area contributed by atoms with E-state index in [4.69, 9.17) is 5.26 Å². The Labute approximate surface area is 151 Å². The number of nitrogens with zero attached hydrogens (tertiary/aromatic N) is 2. The van der Waals surface area contributed by atoms with Crippen LogP contribution in [-0.2, 0) is 10.3 Å². The summed E-state index contributed by atoms with van der Waals surface area (Å²) in [5, 5.41) is 11.5. The summed E-state index contributed by atoms with van der Waals surface area (Å²) >= 11 is 0. The molecule has 2 aromatic carbocycles. The van der Waals surface area contributed by atoms with Crippen LogP contribution in [0.4, 0.5) is 4.79 Å². The van der Waals surface area contributed by atoms with E-state index in [-0.39, 0.29) is 12.3 Å². The largest absolute Gasteiger partial charge is 0.325 e. The number of imide groups is 1. The number of benzene rings is 2. The van der Waals surface area contributed by atoms with Crippen molar-refractivity contribution in [1.82, 2.24) is 10.2 Å². The van der Waals surface area contributed by atoms with Crippen LogP contribution >= 0.6 is 0 Å². The van der Waals surface area contributed by atoms with Gasteiger partial charge in [-0.1, -0.05) is 36.4 Å². The summed E-state index contributed by atoms with van der Waals surface area (Å²) in [6.07, 6.45) is 0. The van der Waals surface area contributed by atoms with Crippen LogP contribution in [0.5, 0.6) is 0 Å². The number of aryl methyl sites for hydroxylation is 1. The van der Waals surface area contributed by atoms with Gasteiger partial charge in [0.25, 0.3) is 5.91 Å². The molecule has 1 aliphatic rings. The summed E-state index contributed by atoms with van der Waals surface area (Å²) < 4.78 is 0. The number of nitriles is 1. The standard InChI is InChI=1S/C20H17N3O3/c1-13-5-3-4-6-16(13)17(24)12-23-18(25)20(2,22-19(23)26)15-9-7-14(11-21)8-10-15/h3-10H,12H2,1-2H3,(H,22,26)/t20-/m0/s1. The normalized spacial score (nSPS) is 19.2. The molecule has 1 saturated heterocycles. The molecular weight excluding hydrogens is 330 g/mol. The third-order valence-electron chi connectivity index (χ3n) is 4.61. The van der Waals surface area contributed by atoms with Crippen LogP contribution in [0.15, 0.2) is 48.5 Å². The lowest BCUT2D eigenvalue weighted by Crippen LogP contribution is -2.41. The predicted octanol–water partition coefficient (Wildman–Crippen LogP) is 2.52. The van der Waals surface area contributed by atoms with Crippen molar-refractivity contribution in [2.75, 3.05) is 6.54 Å². The average Bonchev–Trinajstić information content (AvgIpc) is 2.86. The molecule has 0 aromatic heterocycles. The van der Waals surface area contributed by atoms with Gasteiger partial charge < -0.3 is 5.32 Å². The molecule has 1 fully saturated rings. The van der Waals surface area contributed by atoms with Crippen molar-refractivity contribution >= 4 is 17.7 Å². The number of hydrogen-bond donors (Lipinski definition) is 1. The summed E-state index contributed by atoms with van der Waals surface area (Å²) in [5.74, 6) is -0.787. The van der Waals surface area contributed by atoms with Gasteiger partial charge in [-0.05, 0) is 37.1 Å². The second-order valence-corrected chi connectivity index (χ2v) is 6.37.